The molecule has 0 aromatic carbocycles. The molecule has 0 fully saturated rings. The van der Waals surface area contributed by atoms with Crippen LogP contribution in [0.3, 0.4) is 0 Å². The van der Waals surface area contributed by atoms with Crippen LogP contribution in [-0.2, 0) is 13.0 Å². The van der Waals surface area contributed by atoms with Crippen molar-refractivity contribution in [2.45, 2.75) is 26.8 Å². The van der Waals surface area contributed by atoms with Gasteiger partial charge in [-0.05, 0) is 19.4 Å². The second-order valence-corrected chi connectivity index (χ2v) is 3.92. The smallest absolute Gasteiger partial charge is 0.134 e. The van der Waals surface area contributed by atoms with Gasteiger partial charge in [-0.3, -0.25) is 0 Å². The van der Waals surface area contributed by atoms with Gasteiger partial charge in [0.05, 0.1) is 12.5 Å². The number of anilines is 2. The van der Waals surface area contributed by atoms with Crippen LogP contribution in [0.25, 0.3) is 0 Å². The predicted octanol–water partition coefficient (Wildman–Crippen LogP) is 2.68. The van der Waals surface area contributed by atoms with Crippen LogP contribution in [-0.4, -0.2) is 16.5 Å². The molecular formula is C13H18N4O. The zero-order valence-corrected chi connectivity index (χ0v) is 10.7. The summed E-state index contributed by atoms with van der Waals surface area (Å²) in [5.74, 6) is 1.79. The summed E-state index contributed by atoms with van der Waals surface area (Å²) in [6.07, 6.45) is 5.86. The second-order valence-electron chi connectivity index (χ2n) is 3.92. The molecule has 0 saturated carbocycles. The first-order valence-electron chi connectivity index (χ1n) is 6.17. The first-order valence-corrected chi connectivity index (χ1v) is 6.17. The largest absolute Gasteiger partial charge is 0.472 e. The number of aromatic nitrogens is 2. The molecule has 0 aliphatic heterocycles. The van der Waals surface area contributed by atoms with Gasteiger partial charge in [-0.15, -0.1) is 0 Å². The van der Waals surface area contributed by atoms with E-state index in [0.29, 0.717) is 6.54 Å². The highest BCUT2D eigenvalue weighted by molar-refractivity contribution is 5.57. The fourth-order valence-corrected chi connectivity index (χ4v) is 1.80. The van der Waals surface area contributed by atoms with E-state index in [1.54, 1.807) is 18.9 Å². The van der Waals surface area contributed by atoms with Gasteiger partial charge in [0.1, 0.15) is 18.0 Å². The summed E-state index contributed by atoms with van der Waals surface area (Å²) in [6, 6.07) is 1.94. The van der Waals surface area contributed by atoms with Crippen LogP contribution in [0.4, 0.5) is 11.6 Å². The van der Waals surface area contributed by atoms with Crippen molar-refractivity contribution in [1.29, 1.82) is 0 Å². The third-order valence-electron chi connectivity index (χ3n) is 2.68. The Morgan fingerprint density at radius 3 is 2.56 bits per heavy atom. The highest BCUT2D eigenvalue weighted by Gasteiger charge is 2.08. The van der Waals surface area contributed by atoms with Crippen molar-refractivity contribution in [3.63, 3.8) is 0 Å². The number of rotatable bonds is 6. The molecule has 18 heavy (non-hydrogen) atoms. The van der Waals surface area contributed by atoms with E-state index in [-0.39, 0.29) is 0 Å². The number of furan rings is 1. The quantitative estimate of drug-likeness (QED) is 0.820. The molecule has 2 aromatic rings. The van der Waals surface area contributed by atoms with Crippen LogP contribution < -0.4 is 10.6 Å². The lowest BCUT2D eigenvalue weighted by atomic mass is 10.2. The summed E-state index contributed by atoms with van der Waals surface area (Å²) in [6.45, 7) is 5.71. The van der Waals surface area contributed by atoms with Gasteiger partial charge in [0.15, 0.2) is 0 Å². The van der Waals surface area contributed by atoms with Gasteiger partial charge in [-0.25, -0.2) is 9.97 Å². The molecule has 0 aliphatic rings. The Balaban J connectivity index is 2.13. The molecule has 2 heterocycles. The Bertz CT molecular complexity index is 482. The average molecular weight is 246 g/mol. The van der Waals surface area contributed by atoms with Crippen molar-refractivity contribution in [1.82, 2.24) is 9.97 Å². The molecule has 0 saturated heterocycles. The molecule has 0 amide bonds. The summed E-state index contributed by atoms with van der Waals surface area (Å²) in [7, 11) is 0. The van der Waals surface area contributed by atoms with E-state index in [2.05, 4.69) is 34.4 Å². The summed E-state index contributed by atoms with van der Waals surface area (Å²) in [4.78, 5) is 8.56. The lowest BCUT2D eigenvalue weighted by Gasteiger charge is -2.13. The van der Waals surface area contributed by atoms with E-state index in [1.165, 1.54) is 0 Å². The van der Waals surface area contributed by atoms with Crippen molar-refractivity contribution >= 4 is 11.6 Å². The van der Waals surface area contributed by atoms with Gasteiger partial charge in [-0.2, -0.15) is 0 Å². The van der Waals surface area contributed by atoms with Gasteiger partial charge in [0, 0.05) is 24.2 Å². The maximum atomic E-state index is 5.04. The molecule has 96 valence electrons. The van der Waals surface area contributed by atoms with E-state index < -0.39 is 0 Å². The van der Waals surface area contributed by atoms with Crippen molar-refractivity contribution < 1.29 is 4.42 Å². The highest BCUT2D eigenvalue weighted by atomic mass is 16.3. The van der Waals surface area contributed by atoms with Crippen molar-refractivity contribution in [3.8, 4) is 0 Å². The van der Waals surface area contributed by atoms with E-state index in [9.17, 15) is 0 Å². The van der Waals surface area contributed by atoms with Crippen LogP contribution in [0.1, 0.15) is 25.0 Å². The second kappa shape index (κ2) is 6.05. The fraction of sp³-hybridized carbons (Fsp3) is 0.385. The van der Waals surface area contributed by atoms with Crippen molar-refractivity contribution in [3.05, 3.63) is 36.0 Å². The minimum absolute atomic E-state index is 0.700. The molecule has 0 atom stereocenters. The van der Waals surface area contributed by atoms with Crippen molar-refractivity contribution in [2.24, 2.45) is 0 Å². The Hall–Kier alpha value is -2.04. The summed E-state index contributed by atoms with van der Waals surface area (Å²) >= 11 is 0. The van der Waals surface area contributed by atoms with E-state index in [0.717, 1.165) is 35.7 Å². The van der Waals surface area contributed by atoms with Gasteiger partial charge < -0.3 is 15.1 Å². The molecular weight excluding hydrogens is 228 g/mol. The standard InChI is InChI=1S/C13H18N4O/c1-3-11-12(14-4-2)16-9-17-13(11)15-7-10-5-6-18-8-10/h5-6,8-9H,3-4,7H2,1-2H3,(H2,14,15,16,17). The van der Waals surface area contributed by atoms with Crippen LogP contribution in [0.15, 0.2) is 29.3 Å². The minimum Gasteiger partial charge on any atom is -0.472 e. The molecule has 0 spiro atoms. The maximum Gasteiger partial charge on any atom is 0.134 e. The Kier molecular flexibility index (Phi) is 4.17. The fourth-order valence-electron chi connectivity index (χ4n) is 1.80. The number of hydrogen-bond acceptors (Lipinski definition) is 5. The summed E-state index contributed by atoms with van der Waals surface area (Å²) < 4.78 is 5.04. The van der Waals surface area contributed by atoms with Crippen LogP contribution in [0.5, 0.6) is 0 Å². The molecule has 5 heteroatoms. The lowest BCUT2D eigenvalue weighted by molar-refractivity contribution is 0.564. The predicted molar refractivity (Wildman–Crippen MR) is 71.6 cm³/mol. The monoisotopic (exact) mass is 246 g/mol. The Morgan fingerprint density at radius 2 is 1.94 bits per heavy atom. The zero-order valence-electron chi connectivity index (χ0n) is 10.7. The van der Waals surface area contributed by atoms with Crippen molar-refractivity contribution in [2.75, 3.05) is 17.2 Å². The number of hydrogen-bond donors (Lipinski definition) is 2. The highest BCUT2D eigenvalue weighted by Crippen LogP contribution is 2.20. The van der Waals surface area contributed by atoms with Crippen LogP contribution in [0, 0.1) is 0 Å². The molecule has 2 N–H and O–H groups in total. The Labute approximate surface area is 107 Å². The van der Waals surface area contributed by atoms with Gasteiger partial charge in [0.2, 0.25) is 0 Å². The van der Waals surface area contributed by atoms with Gasteiger partial charge in [0.25, 0.3) is 0 Å². The maximum absolute atomic E-state index is 5.04. The van der Waals surface area contributed by atoms with E-state index in [4.69, 9.17) is 4.42 Å². The molecule has 0 aliphatic carbocycles. The van der Waals surface area contributed by atoms with Gasteiger partial charge >= 0.3 is 0 Å². The first-order chi connectivity index (χ1) is 8.85. The molecule has 2 aromatic heterocycles. The van der Waals surface area contributed by atoms with E-state index in [1.807, 2.05) is 6.07 Å². The molecule has 0 unspecified atom stereocenters. The molecule has 0 radical (unpaired) electrons. The topological polar surface area (TPSA) is 63.0 Å². The average Bonchev–Trinajstić information content (AvgIpc) is 2.90. The van der Waals surface area contributed by atoms with Crippen LogP contribution >= 0.6 is 0 Å². The molecule has 0 bridgehead atoms. The molecule has 2 rings (SSSR count). The SMILES string of the molecule is CCNc1ncnc(NCc2ccoc2)c1CC. The number of nitrogens with zero attached hydrogens (tertiary/aromatic N) is 2. The third kappa shape index (κ3) is 2.80. The zero-order chi connectivity index (χ0) is 12.8. The summed E-state index contributed by atoms with van der Waals surface area (Å²) in [5.41, 5.74) is 2.21. The minimum atomic E-state index is 0.700. The lowest BCUT2D eigenvalue weighted by Crippen LogP contribution is -2.09. The first kappa shape index (κ1) is 12.4. The normalized spacial score (nSPS) is 10.3. The number of nitrogens with one attached hydrogen (secondary N) is 2. The van der Waals surface area contributed by atoms with Crippen LogP contribution in [0.2, 0.25) is 0 Å². The molecule has 5 nitrogen and oxygen atoms in total. The Morgan fingerprint density at radius 1 is 1.17 bits per heavy atom. The third-order valence-corrected chi connectivity index (χ3v) is 2.68. The van der Waals surface area contributed by atoms with E-state index >= 15 is 0 Å². The van der Waals surface area contributed by atoms with Gasteiger partial charge in [-0.1, -0.05) is 6.92 Å². The summed E-state index contributed by atoms with van der Waals surface area (Å²) in [5, 5.41) is 6.57.